The summed E-state index contributed by atoms with van der Waals surface area (Å²) in [4.78, 5) is 12.6. The van der Waals surface area contributed by atoms with Gasteiger partial charge in [0.15, 0.2) is 0 Å². The van der Waals surface area contributed by atoms with Gasteiger partial charge in [-0.1, -0.05) is 26.0 Å². The molecule has 0 unspecified atom stereocenters. The molecule has 0 spiro atoms. The number of benzene rings is 2. The number of carbonyl (C=O) groups excluding carboxylic acids is 1. The smallest absolute Gasteiger partial charge is 0.407 e. The molecule has 2 aromatic rings. The Morgan fingerprint density at radius 2 is 1.63 bits per heavy atom. The van der Waals surface area contributed by atoms with E-state index in [0.717, 1.165) is 5.56 Å². The van der Waals surface area contributed by atoms with E-state index in [1.54, 1.807) is 32.9 Å². The highest BCUT2D eigenvalue weighted by molar-refractivity contribution is 7.89. The van der Waals surface area contributed by atoms with Crippen LogP contribution in [0.25, 0.3) is 0 Å². The van der Waals surface area contributed by atoms with Crippen LogP contribution in [0.2, 0.25) is 0 Å². The fourth-order valence-electron chi connectivity index (χ4n) is 3.43. The van der Waals surface area contributed by atoms with Gasteiger partial charge >= 0.3 is 6.09 Å². The van der Waals surface area contributed by atoms with Gasteiger partial charge in [-0.05, 0) is 75.1 Å². The molecule has 2 rings (SSSR count). The summed E-state index contributed by atoms with van der Waals surface area (Å²) >= 11 is 0. The average Bonchev–Trinajstić information content (AvgIpc) is 2.73. The lowest BCUT2D eigenvalue weighted by Gasteiger charge is -2.31. The van der Waals surface area contributed by atoms with Crippen molar-refractivity contribution >= 4 is 21.8 Å². The zero-order valence-electron chi connectivity index (χ0n) is 20.9. The maximum atomic E-state index is 13.4. The van der Waals surface area contributed by atoms with Crippen molar-refractivity contribution in [2.75, 3.05) is 18.8 Å². The summed E-state index contributed by atoms with van der Waals surface area (Å²) in [5.41, 5.74) is 6.13. The molecule has 0 aliphatic heterocycles. The van der Waals surface area contributed by atoms with Gasteiger partial charge in [0.1, 0.15) is 11.4 Å². The minimum absolute atomic E-state index is 0.0138. The lowest BCUT2D eigenvalue weighted by Crippen LogP contribution is -2.51. The highest BCUT2D eigenvalue weighted by Gasteiger charge is 2.32. The molecule has 2 atom stereocenters. The van der Waals surface area contributed by atoms with Crippen molar-refractivity contribution in [1.29, 1.82) is 0 Å². The number of sulfonamides is 1. The standard InChI is InChI=1S/C25H37N3O6S/c1-17(2)15-28(35(32,33)21-12-8-19(26)9-13-21)16-23(30)22(27-24(31)34-25(3,4)5)14-18-6-10-20(29)11-7-18/h6-13,17,22-23,29-30H,14-16,26H2,1-5H3,(H,27,31)/t22-,23-/m1/s1. The predicted octanol–water partition coefficient (Wildman–Crippen LogP) is 3.12. The molecule has 0 heterocycles. The van der Waals surface area contributed by atoms with Gasteiger partial charge in [-0.2, -0.15) is 4.31 Å². The molecule has 10 heteroatoms. The first-order chi connectivity index (χ1) is 16.2. The fraction of sp³-hybridized carbons (Fsp3) is 0.480. The number of alkyl carbamates (subject to hydrolysis) is 1. The zero-order chi connectivity index (χ0) is 26.4. The van der Waals surface area contributed by atoms with Crippen LogP contribution in [0, 0.1) is 5.92 Å². The molecule has 0 aromatic heterocycles. The van der Waals surface area contributed by atoms with Crippen molar-refractivity contribution in [3.05, 3.63) is 54.1 Å². The highest BCUT2D eigenvalue weighted by Crippen LogP contribution is 2.21. The first kappa shape index (κ1) is 28.4. The van der Waals surface area contributed by atoms with Crippen LogP contribution >= 0.6 is 0 Å². The van der Waals surface area contributed by atoms with Crippen LogP contribution in [0.4, 0.5) is 10.5 Å². The second-order valence-corrected chi connectivity index (χ2v) is 11.9. The van der Waals surface area contributed by atoms with Crippen molar-refractivity contribution in [3.63, 3.8) is 0 Å². The number of anilines is 1. The third-order valence-electron chi connectivity index (χ3n) is 5.04. The van der Waals surface area contributed by atoms with Crippen molar-refractivity contribution in [1.82, 2.24) is 9.62 Å². The SMILES string of the molecule is CC(C)CN(C[C@@H](O)[C@@H](Cc1ccc(O)cc1)NC(=O)OC(C)(C)C)S(=O)(=O)c1ccc(N)cc1. The number of hydrogen-bond acceptors (Lipinski definition) is 7. The van der Waals surface area contributed by atoms with E-state index in [-0.39, 0.29) is 36.1 Å². The van der Waals surface area contributed by atoms with Crippen LogP contribution < -0.4 is 11.1 Å². The van der Waals surface area contributed by atoms with E-state index in [4.69, 9.17) is 10.5 Å². The average molecular weight is 508 g/mol. The van der Waals surface area contributed by atoms with E-state index in [1.807, 2.05) is 13.8 Å². The molecular formula is C25H37N3O6S. The van der Waals surface area contributed by atoms with Gasteiger partial charge in [-0.15, -0.1) is 0 Å². The topological polar surface area (TPSA) is 142 Å². The number of ether oxygens (including phenoxy) is 1. The second kappa shape index (κ2) is 11.7. The minimum Gasteiger partial charge on any atom is -0.508 e. The van der Waals surface area contributed by atoms with E-state index in [9.17, 15) is 23.4 Å². The number of aliphatic hydroxyl groups excluding tert-OH is 1. The number of phenols is 1. The van der Waals surface area contributed by atoms with Crippen molar-refractivity contribution in [3.8, 4) is 5.75 Å². The number of carbonyl (C=O) groups is 1. The fourth-order valence-corrected chi connectivity index (χ4v) is 5.05. The Kier molecular flexibility index (Phi) is 9.53. The zero-order valence-corrected chi connectivity index (χ0v) is 21.7. The Morgan fingerprint density at radius 3 is 2.14 bits per heavy atom. The predicted molar refractivity (Wildman–Crippen MR) is 135 cm³/mol. The molecule has 194 valence electrons. The molecule has 0 radical (unpaired) electrons. The Morgan fingerprint density at radius 1 is 1.06 bits per heavy atom. The van der Waals surface area contributed by atoms with Gasteiger partial charge < -0.3 is 26.0 Å². The summed E-state index contributed by atoms with van der Waals surface area (Å²) in [6.45, 7) is 8.85. The van der Waals surface area contributed by atoms with Crippen molar-refractivity contribution < 1.29 is 28.2 Å². The van der Waals surface area contributed by atoms with Crippen molar-refractivity contribution in [2.24, 2.45) is 5.92 Å². The van der Waals surface area contributed by atoms with Gasteiger partial charge in [0.2, 0.25) is 10.0 Å². The van der Waals surface area contributed by atoms with Crippen LogP contribution in [0.3, 0.4) is 0 Å². The number of nitrogen functional groups attached to an aromatic ring is 1. The summed E-state index contributed by atoms with van der Waals surface area (Å²) in [6, 6.07) is 11.4. The summed E-state index contributed by atoms with van der Waals surface area (Å²) in [5, 5.41) is 23.4. The molecule has 0 saturated heterocycles. The number of nitrogens with two attached hydrogens (primary N) is 1. The Balaban J connectivity index is 2.32. The molecule has 2 aromatic carbocycles. The largest absolute Gasteiger partial charge is 0.508 e. The third kappa shape index (κ3) is 9.04. The van der Waals surface area contributed by atoms with Crippen LogP contribution in [0.15, 0.2) is 53.4 Å². The maximum absolute atomic E-state index is 13.4. The molecule has 0 aliphatic carbocycles. The van der Waals surface area contributed by atoms with Gasteiger partial charge in [0.25, 0.3) is 0 Å². The number of phenolic OH excluding ortho intramolecular Hbond substituents is 1. The van der Waals surface area contributed by atoms with E-state index >= 15 is 0 Å². The first-order valence-corrected chi connectivity index (χ1v) is 12.9. The number of amides is 1. The normalized spacial score (nSPS) is 14.1. The number of hydrogen-bond donors (Lipinski definition) is 4. The first-order valence-electron chi connectivity index (χ1n) is 11.5. The summed E-state index contributed by atoms with van der Waals surface area (Å²) in [6.07, 6.45) is -1.78. The third-order valence-corrected chi connectivity index (χ3v) is 6.88. The molecule has 5 N–H and O–H groups in total. The molecule has 0 fully saturated rings. The highest BCUT2D eigenvalue weighted by atomic mass is 32.2. The van der Waals surface area contributed by atoms with Gasteiger partial charge in [-0.3, -0.25) is 0 Å². The molecule has 35 heavy (non-hydrogen) atoms. The van der Waals surface area contributed by atoms with Gasteiger partial charge in [0, 0.05) is 18.8 Å². The number of aliphatic hydroxyl groups is 1. The number of nitrogens with one attached hydrogen (secondary N) is 1. The molecule has 0 bridgehead atoms. The minimum atomic E-state index is -3.94. The summed E-state index contributed by atoms with van der Waals surface area (Å²) < 4.78 is 33.3. The molecule has 0 aliphatic rings. The molecule has 9 nitrogen and oxygen atoms in total. The van der Waals surface area contributed by atoms with E-state index in [2.05, 4.69) is 5.32 Å². The maximum Gasteiger partial charge on any atom is 0.407 e. The van der Waals surface area contributed by atoms with Crippen LogP contribution in [0.5, 0.6) is 5.75 Å². The summed E-state index contributed by atoms with van der Waals surface area (Å²) in [7, 11) is -3.94. The molecular weight excluding hydrogens is 470 g/mol. The number of rotatable bonds is 10. The Labute approximate surface area is 208 Å². The lowest BCUT2D eigenvalue weighted by molar-refractivity contribution is 0.0400. The quantitative estimate of drug-likeness (QED) is 0.362. The van der Waals surface area contributed by atoms with E-state index in [1.165, 1.54) is 40.7 Å². The Bertz CT molecular complexity index is 1060. The van der Waals surface area contributed by atoms with Gasteiger partial charge in [0.05, 0.1) is 17.0 Å². The van der Waals surface area contributed by atoms with Crippen molar-refractivity contribution in [2.45, 2.75) is 63.7 Å². The molecule has 1 amide bonds. The summed E-state index contributed by atoms with van der Waals surface area (Å²) in [5.74, 6) is 0.0729. The second-order valence-electron chi connectivity index (χ2n) is 9.98. The monoisotopic (exact) mass is 507 g/mol. The number of aromatic hydroxyl groups is 1. The van der Waals surface area contributed by atoms with E-state index in [0.29, 0.717) is 5.69 Å². The van der Waals surface area contributed by atoms with Crippen LogP contribution in [-0.4, -0.2) is 59.9 Å². The van der Waals surface area contributed by atoms with Gasteiger partial charge in [-0.25, -0.2) is 13.2 Å². The molecule has 0 saturated carbocycles. The number of nitrogens with zero attached hydrogens (tertiary/aromatic N) is 1. The van der Waals surface area contributed by atoms with E-state index < -0.39 is 33.9 Å². The Hall–Kier alpha value is -2.82. The lowest BCUT2D eigenvalue weighted by atomic mass is 10.0. The van der Waals surface area contributed by atoms with Crippen LogP contribution in [-0.2, 0) is 21.2 Å². The van der Waals surface area contributed by atoms with Crippen LogP contribution in [0.1, 0.15) is 40.2 Å².